The lowest BCUT2D eigenvalue weighted by Crippen LogP contribution is -2.61. The number of allylic oxidation sites excluding steroid dienone is 6. The minimum absolute atomic E-state index is 0.0117. The molecule has 0 aromatic rings. The van der Waals surface area contributed by atoms with Gasteiger partial charge in [0.1, 0.15) is 30.1 Å². The number of hydrogen-bond acceptors (Lipinski definition) is 14. The molecule has 2 N–H and O–H groups in total. The molecule has 390 valence electrons. The van der Waals surface area contributed by atoms with Crippen molar-refractivity contribution in [3.8, 4) is 0 Å². The van der Waals surface area contributed by atoms with Crippen LogP contribution in [0.4, 0.5) is 0 Å². The zero-order valence-electron chi connectivity index (χ0n) is 43.4. The van der Waals surface area contributed by atoms with Gasteiger partial charge in [0, 0.05) is 71.8 Å². The molecule has 0 radical (unpaired) electrons. The maximum absolute atomic E-state index is 14.5. The van der Waals surface area contributed by atoms with Gasteiger partial charge in [-0.2, -0.15) is 0 Å². The lowest BCUT2D eigenvalue weighted by molar-refractivity contribution is -0.265. The van der Waals surface area contributed by atoms with Crippen LogP contribution in [0.15, 0.2) is 47.6 Å². The number of esters is 1. The highest BCUT2D eigenvalue weighted by Gasteiger charge is 2.53. The summed E-state index contributed by atoms with van der Waals surface area (Å²) in [5.41, 5.74) is 1.25. The van der Waals surface area contributed by atoms with Crippen molar-refractivity contribution in [1.82, 2.24) is 4.90 Å². The third kappa shape index (κ3) is 16.2. The number of aliphatic hydroxyl groups excluding tert-OH is 1. The normalized spacial score (nSPS) is 36.6. The van der Waals surface area contributed by atoms with Gasteiger partial charge >= 0.3 is 5.97 Å². The highest BCUT2D eigenvalue weighted by Crippen LogP contribution is 2.45. The molecule has 0 aromatic heterocycles. The molecule has 1 amide bonds. The van der Waals surface area contributed by atoms with E-state index in [1.165, 1.54) is 12.0 Å². The van der Waals surface area contributed by atoms with Crippen LogP contribution in [0.25, 0.3) is 0 Å². The first-order valence-corrected chi connectivity index (χ1v) is 27.7. The standard InChI is InChI=1S/C53H84NO14P/c1-32-18-14-13-15-19-33(2)44(63-8)30-40-23-21-38(7)53(61,67-40)50(58)51(59)54-25-17-16-20-41(54)52(60)66-45(35(4)28-39-22-24-43(46(29-39)64-9)68-69(11,12)62)31-42(55)34(3)27-37(6)48(57)49(65-10)47(56)36(5)26-32/h13-15,18-19,27,32,34-36,38-41,43-46,48-49,57,61H,16-17,20-26,28-31H2,1-12H3/t32?,34?,35-,36?,38?,39+,40?,41?,43-,44?,45?,46-,48?,49?,53?/m1/s1. The number of Topliss-reactive ketones (excluding diaryl/α,β-unsaturated/α-hetero) is 3. The first kappa shape index (κ1) is 58.4. The third-order valence-electron chi connectivity index (χ3n) is 14.8. The van der Waals surface area contributed by atoms with E-state index < -0.39 is 85.1 Å². The number of rotatable bonds is 8. The minimum atomic E-state index is -2.79. The largest absolute Gasteiger partial charge is 0.460 e. The summed E-state index contributed by atoms with van der Waals surface area (Å²) in [6.45, 7) is 15.9. The molecule has 0 aromatic carbocycles. The van der Waals surface area contributed by atoms with E-state index in [0.29, 0.717) is 63.4 Å². The third-order valence-corrected chi connectivity index (χ3v) is 15.6. The van der Waals surface area contributed by atoms with Crippen LogP contribution in [0.1, 0.15) is 126 Å². The summed E-state index contributed by atoms with van der Waals surface area (Å²) in [7, 11) is 1.76. The molecule has 3 heterocycles. The van der Waals surface area contributed by atoms with Crippen LogP contribution in [0, 0.1) is 35.5 Å². The lowest BCUT2D eigenvalue weighted by atomic mass is 9.78. The van der Waals surface area contributed by atoms with Crippen LogP contribution in [-0.2, 0) is 56.7 Å². The molecule has 4 rings (SSSR count). The van der Waals surface area contributed by atoms with Gasteiger partial charge in [-0.1, -0.05) is 71.1 Å². The number of methoxy groups -OCH3 is 3. The fourth-order valence-electron chi connectivity index (χ4n) is 10.5. The summed E-state index contributed by atoms with van der Waals surface area (Å²) in [4.78, 5) is 72.2. The summed E-state index contributed by atoms with van der Waals surface area (Å²) in [6, 6.07) is -1.16. The molecule has 3 aliphatic heterocycles. The molecular formula is C53H84NO14P. The van der Waals surface area contributed by atoms with Crippen molar-refractivity contribution in [2.75, 3.05) is 41.2 Å². The van der Waals surface area contributed by atoms with Crippen molar-refractivity contribution in [2.45, 2.75) is 180 Å². The number of carbonyl (C=O) groups excluding carboxylic acids is 5. The van der Waals surface area contributed by atoms with Crippen LogP contribution >= 0.6 is 7.37 Å². The average Bonchev–Trinajstić information content (AvgIpc) is 3.30. The number of amides is 1. The molecular weight excluding hydrogens is 906 g/mol. The van der Waals surface area contributed by atoms with Crippen molar-refractivity contribution < 1.29 is 67.0 Å². The molecule has 3 fully saturated rings. The summed E-state index contributed by atoms with van der Waals surface area (Å²) < 4.78 is 48.2. The summed E-state index contributed by atoms with van der Waals surface area (Å²) in [5, 5.41) is 23.5. The van der Waals surface area contributed by atoms with Crippen LogP contribution in [-0.4, -0.2) is 140 Å². The van der Waals surface area contributed by atoms with E-state index in [0.717, 1.165) is 12.0 Å². The zero-order chi connectivity index (χ0) is 51.4. The van der Waals surface area contributed by atoms with Crippen molar-refractivity contribution in [3.05, 3.63) is 47.6 Å². The summed E-state index contributed by atoms with van der Waals surface area (Å²) in [5.74, 6) is -8.11. The first-order chi connectivity index (χ1) is 32.4. The molecule has 4 aliphatic rings. The van der Waals surface area contributed by atoms with Crippen LogP contribution in [0.3, 0.4) is 0 Å². The second kappa shape index (κ2) is 26.5. The van der Waals surface area contributed by atoms with E-state index in [1.807, 2.05) is 58.1 Å². The van der Waals surface area contributed by atoms with Gasteiger partial charge in [-0.05, 0) is 107 Å². The van der Waals surface area contributed by atoms with Crippen molar-refractivity contribution in [2.24, 2.45) is 35.5 Å². The topological polar surface area (TPSA) is 201 Å². The Morgan fingerprint density at radius 1 is 0.855 bits per heavy atom. The molecule has 1 saturated carbocycles. The Balaban J connectivity index is 1.70. The molecule has 2 bridgehead atoms. The Morgan fingerprint density at radius 2 is 1.57 bits per heavy atom. The van der Waals surface area contributed by atoms with E-state index in [-0.39, 0.29) is 60.9 Å². The molecule has 15 atom stereocenters. The number of hydrogen-bond donors (Lipinski definition) is 2. The maximum atomic E-state index is 14.5. The Morgan fingerprint density at radius 3 is 2.22 bits per heavy atom. The first-order valence-electron chi connectivity index (χ1n) is 25.2. The molecule has 11 unspecified atom stereocenters. The fraction of sp³-hybridized carbons (Fsp3) is 0.755. The predicted octanol–water partition coefficient (Wildman–Crippen LogP) is 7.74. The summed E-state index contributed by atoms with van der Waals surface area (Å²) in [6.07, 6.45) is 11.4. The monoisotopic (exact) mass is 990 g/mol. The van der Waals surface area contributed by atoms with Gasteiger partial charge in [-0.3, -0.25) is 23.7 Å². The molecule has 0 spiro atoms. The fourth-order valence-corrected chi connectivity index (χ4v) is 11.4. The van der Waals surface area contributed by atoms with Gasteiger partial charge in [-0.25, -0.2) is 4.79 Å². The second-order valence-electron chi connectivity index (χ2n) is 20.9. The quantitative estimate of drug-likeness (QED) is 0.104. The number of cyclic esters (lactones) is 1. The minimum Gasteiger partial charge on any atom is -0.460 e. The highest BCUT2D eigenvalue weighted by molar-refractivity contribution is 7.57. The second-order valence-corrected chi connectivity index (χ2v) is 23.6. The predicted molar refractivity (Wildman–Crippen MR) is 263 cm³/mol. The average molecular weight is 990 g/mol. The van der Waals surface area contributed by atoms with E-state index in [1.54, 1.807) is 54.4 Å². The van der Waals surface area contributed by atoms with Crippen LogP contribution in [0.2, 0.25) is 0 Å². The molecule has 16 heteroatoms. The highest BCUT2D eigenvalue weighted by atomic mass is 31.2. The van der Waals surface area contributed by atoms with Gasteiger partial charge in [-0.15, -0.1) is 0 Å². The Kier molecular flexibility index (Phi) is 22.5. The number of ketones is 3. The molecule has 1 aliphatic carbocycles. The molecule has 69 heavy (non-hydrogen) atoms. The van der Waals surface area contributed by atoms with Crippen molar-refractivity contribution >= 4 is 36.6 Å². The number of fused-ring (bicyclic) bond motifs is 3. The van der Waals surface area contributed by atoms with Gasteiger partial charge in [0.15, 0.2) is 13.2 Å². The SMILES string of the molecule is COC1CC2CCC(C)C(O)(O2)C(=O)C(=O)N2CCCCC2C(=O)OC([C@H](C)C[C@@H]2CC[C@@H](OP(C)(C)=O)[C@H](OC)C2)CC(=O)C(C)C=C(C)C(O)C(OC)C(=O)C(C)CC(C)C=CC=CC=C1C. The Labute approximate surface area is 411 Å². The number of aliphatic hydroxyl groups is 2. The number of nitrogens with zero attached hydrogens (tertiary/aromatic N) is 1. The van der Waals surface area contributed by atoms with E-state index in [4.69, 9.17) is 28.2 Å². The smallest absolute Gasteiger partial charge is 0.329 e. The van der Waals surface area contributed by atoms with Gasteiger partial charge in [0.05, 0.1) is 24.4 Å². The van der Waals surface area contributed by atoms with E-state index >= 15 is 0 Å². The summed E-state index contributed by atoms with van der Waals surface area (Å²) >= 11 is 0. The molecule has 15 nitrogen and oxygen atoms in total. The molecule has 2 saturated heterocycles. The number of carbonyl (C=O) groups is 5. The Bertz CT molecular complexity index is 1940. The van der Waals surface area contributed by atoms with Crippen molar-refractivity contribution in [3.63, 3.8) is 0 Å². The maximum Gasteiger partial charge on any atom is 0.329 e. The van der Waals surface area contributed by atoms with Gasteiger partial charge in [0.2, 0.25) is 5.79 Å². The van der Waals surface area contributed by atoms with Gasteiger partial charge < -0.3 is 43.3 Å². The van der Waals surface area contributed by atoms with E-state index in [9.17, 15) is 38.8 Å². The van der Waals surface area contributed by atoms with Crippen LogP contribution in [0.5, 0.6) is 0 Å². The van der Waals surface area contributed by atoms with Crippen LogP contribution < -0.4 is 0 Å². The lowest BCUT2D eigenvalue weighted by Gasteiger charge is -2.42. The van der Waals surface area contributed by atoms with Crippen molar-refractivity contribution in [1.29, 1.82) is 0 Å². The number of piperidine rings is 1. The zero-order valence-corrected chi connectivity index (χ0v) is 44.3. The number of ether oxygens (including phenoxy) is 5. The Hall–Kier alpha value is -3.14. The van der Waals surface area contributed by atoms with Gasteiger partial charge in [0.25, 0.3) is 11.7 Å². The van der Waals surface area contributed by atoms with E-state index in [2.05, 4.69) is 0 Å².